The maximum absolute atomic E-state index is 11.2. The Balaban J connectivity index is 1.48. The normalized spacial score (nSPS) is 28.5. The summed E-state index contributed by atoms with van der Waals surface area (Å²) in [5, 5.41) is 0. The zero-order chi connectivity index (χ0) is 20.7. The summed E-state index contributed by atoms with van der Waals surface area (Å²) in [7, 11) is 3.14. The minimum absolute atomic E-state index is 0.294. The fraction of sp³-hybridized carbons (Fsp3) is 0.444. The highest BCUT2D eigenvalue weighted by Crippen LogP contribution is 2.62. The van der Waals surface area contributed by atoms with Crippen molar-refractivity contribution in [3.63, 3.8) is 0 Å². The van der Waals surface area contributed by atoms with Gasteiger partial charge in [0, 0.05) is 17.0 Å². The van der Waals surface area contributed by atoms with E-state index >= 15 is 0 Å². The van der Waals surface area contributed by atoms with Crippen LogP contribution in [0.15, 0.2) is 42.5 Å². The molecule has 3 nitrogen and oxygen atoms in total. The molecule has 4 aliphatic carbocycles. The lowest BCUT2D eigenvalue weighted by atomic mass is 9.48. The molecular weight excluding hydrogens is 372 g/mol. The van der Waals surface area contributed by atoms with Gasteiger partial charge in [0.15, 0.2) is 0 Å². The first-order valence-electron chi connectivity index (χ1n) is 11.0. The average molecular weight is 401 g/mol. The Hall–Kier alpha value is -2.73. The lowest BCUT2D eigenvalue weighted by Crippen LogP contribution is -2.48. The summed E-state index contributed by atoms with van der Waals surface area (Å²) in [4.78, 5) is 11.2. The number of rotatable bonds is 3. The van der Waals surface area contributed by atoms with Crippen molar-refractivity contribution < 1.29 is 14.3 Å². The monoisotopic (exact) mass is 400 g/mol. The van der Waals surface area contributed by atoms with Crippen LogP contribution in [0.25, 0.3) is 11.1 Å². The van der Waals surface area contributed by atoms with Crippen LogP contribution in [0, 0.1) is 29.6 Å². The van der Waals surface area contributed by atoms with Crippen LogP contribution in [0.1, 0.15) is 49.7 Å². The van der Waals surface area contributed by atoms with Gasteiger partial charge in [-0.05, 0) is 97.1 Å². The fourth-order valence-corrected chi connectivity index (χ4v) is 6.66. The van der Waals surface area contributed by atoms with Crippen LogP contribution in [-0.4, -0.2) is 20.2 Å². The van der Waals surface area contributed by atoms with Crippen LogP contribution in [0.5, 0.6) is 5.75 Å². The van der Waals surface area contributed by atoms with Crippen molar-refractivity contribution in [3.8, 4) is 28.7 Å². The SMILES string of the molecule is COC(=O)C#Cc1ccc(-c2ccc(OC)c(C34CC5CC(CC(C5)C3)C4)c2)cc1. The largest absolute Gasteiger partial charge is 0.496 e. The van der Waals surface area contributed by atoms with E-state index in [1.165, 1.54) is 56.8 Å². The third-order valence-electron chi connectivity index (χ3n) is 7.52. The van der Waals surface area contributed by atoms with Crippen LogP contribution in [-0.2, 0) is 14.9 Å². The molecule has 4 fully saturated rings. The molecule has 2 aromatic carbocycles. The van der Waals surface area contributed by atoms with Gasteiger partial charge < -0.3 is 9.47 Å². The molecule has 3 heteroatoms. The van der Waals surface area contributed by atoms with E-state index < -0.39 is 5.97 Å². The predicted molar refractivity (Wildman–Crippen MR) is 117 cm³/mol. The first-order chi connectivity index (χ1) is 14.6. The lowest BCUT2D eigenvalue weighted by Gasteiger charge is -2.57. The number of hydrogen-bond acceptors (Lipinski definition) is 3. The minimum Gasteiger partial charge on any atom is -0.496 e. The van der Waals surface area contributed by atoms with Crippen molar-refractivity contribution in [2.75, 3.05) is 14.2 Å². The molecule has 0 N–H and O–H groups in total. The van der Waals surface area contributed by atoms with E-state index in [1.54, 1.807) is 7.11 Å². The van der Waals surface area contributed by atoms with Crippen LogP contribution >= 0.6 is 0 Å². The van der Waals surface area contributed by atoms with Crippen molar-refractivity contribution in [3.05, 3.63) is 53.6 Å². The molecule has 0 heterocycles. The zero-order valence-corrected chi connectivity index (χ0v) is 17.7. The van der Waals surface area contributed by atoms with Gasteiger partial charge in [0.2, 0.25) is 0 Å². The predicted octanol–water partition coefficient (Wildman–Crippen LogP) is 5.35. The summed E-state index contributed by atoms with van der Waals surface area (Å²) >= 11 is 0. The minimum atomic E-state index is -0.519. The maximum atomic E-state index is 11.2. The number of carbonyl (C=O) groups is 1. The second-order valence-corrected chi connectivity index (χ2v) is 9.43. The van der Waals surface area contributed by atoms with Gasteiger partial charge in [-0.3, -0.25) is 0 Å². The van der Waals surface area contributed by atoms with E-state index in [4.69, 9.17) is 4.74 Å². The molecule has 0 aromatic heterocycles. The second-order valence-electron chi connectivity index (χ2n) is 9.43. The summed E-state index contributed by atoms with van der Waals surface area (Å²) in [5.74, 6) is 8.55. The van der Waals surface area contributed by atoms with E-state index in [1.807, 2.05) is 12.1 Å². The Morgan fingerprint density at radius 3 is 2.07 bits per heavy atom. The van der Waals surface area contributed by atoms with Gasteiger partial charge in [-0.2, -0.15) is 0 Å². The van der Waals surface area contributed by atoms with Gasteiger partial charge in [-0.1, -0.05) is 24.1 Å². The molecule has 0 unspecified atom stereocenters. The zero-order valence-electron chi connectivity index (χ0n) is 17.7. The van der Waals surface area contributed by atoms with Crippen LogP contribution in [0.3, 0.4) is 0 Å². The smallest absolute Gasteiger partial charge is 0.384 e. The van der Waals surface area contributed by atoms with Crippen molar-refractivity contribution in [2.24, 2.45) is 17.8 Å². The number of methoxy groups -OCH3 is 2. The Bertz CT molecular complexity index is 987. The highest BCUT2D eigenvalue weighted by atomic mass is 16.5. The number of ether oxygens (including phenoxy) is 2. The Labute approximate surface area is 178 Å². The molecule has 30 heavy (non-hydrogen) atoms. The van der Waals surface area contributed by atoms with Crippen LogP contribution in [0.4, 0.5) is 0 Å². The maximum Gasteiger partial charge on any atom is 0.384 e. The molecule has 0 saturated heterocycles. The van der Waals surface area contributed by atoms with Gasteiger partial charge in [-0.15, -0.1) is 0 Å². The van der Waals surface area contributed by atoms with E-state index in [0.29, 0.717) is 5.41 Å². The molecule has 0 aliphatic heterocycles. The summed E-state index contributed by atoms with van der Waals surface area (Å²) in [5.41, 5.74) is 4.89. The third-order valence-corrected chi connectivity index (χ3v) is 7.52. The molecule has 2 aromatic rings. The standard InChI is InChI=1S/C27H28O3/c1-29-25-9-8-23(22-6-3-18(4-7-22)5-10-26(28)30-2)14-24(25)27-15-19-11-20(16-27)13-21(12-19)17-27/h3-4,6-9,14,19-21H,11-13,15-17H2,1-2H3. The molecule has 0 spiro atoms. The molecule has 6 rings (SSSR count). The Morgan fingerprint density at radius 1 is 0.900 bits per heavy atom. The molecular formula is C27H28O3. The summed E-state index contributed by atoms with van der Waals surface area (Å²) in [6.07, 6.45) is 8.28. The van der Waals surface area contributed by atoms with E-state index in [0.717, 1.165) is 34.6 Å². The Morgan fingerprint density at radius 2 is 1.50 bits per heavy atom. The molecule has 154 valence electrons. The van der Waals surface area contributed by atoms with Crippen molar-refractivity contribution in [2.45, 2.75) is 43.9 Å². The summed E-state index contributed by atoms with van der Waals surface area (Å²) < 4.78 is 10.4. The topological polar surface area (TPSA) is 35.5 Å². The number of hydrogen-bond donors (Lipinski definition) is 0. The van der Waals surface area contributed by atoms with Crippen molar-refractivity contribution >= 4 is 5.97 Å². The second kappa shape index (κ2) is 7.51. The molecule has 4 aliphatic rings. The van der Waals surface area contributed by atoms with Gasteiger partial charge in [0.25, 0.3) is 0 Å². The van der Waals surface area contributed by atoms with Crippen LogP contribution < -0.4 is 4.74 Å². The molecule has 0 radical (unpaired) electrons. The average Bonchev–Trinajstić information content (AvgIpc) is 2.76. The van der Waals surface area contributed by atoms with E-state index in [-0.39, 0.29) is 0 Å². The summed E-state index contributed by atoms with van der Waals surface area (Å²) in [6, 6.07) is 14.7. The lowest BCUT2D eigenvalue weighted by molar-refractivity contribution is -0.133. The third kappa shape index (κ3) is 3.39. The van der Waals surface area contributed by atoms with Gasteiger partial charge in [-0.25, -0.2) is 4.79 Å². The van der Waals surface area contributed by atoms with Gasteiger partial charge >= 0.3 is 5.97 Å². The highest BCUT2D eigenvalue weighted by Gasteiger charge is 2.52. The summed E-state index contributed by atoms with van der Waals surface area (Å²) in [6.45, 7) is 0. The number of carbonyl (C=O) groups excluding carboxylic acids is 1. The molecule has 4 bridgehead atoms. The number of esters is 1. The first-order valence-corrected chi connectivity index (χ1v) is 11.0. The van der Waals surface area contributed by atoms with Gasteiger partial charge in [0.1, 0.15) is 5.75 Å². The fourth-order valence-electron chi connectivity index (χ4n) is 6.66. The molecule has 0 atom stereocenters. The van der Waals surface area contributed by atoms with Crippen LogP contribution in [0.2, 0.25) is 0 Å². The van der Waals surface area contributed by atoms with Crippen molar-refractivity contribution in [1.29, 1.82) is 0 Å². The van der Waals surface area contributed by atoms with Crippen molar-refractivity contribution in [1.82, 2.24) is 0 Å². The number of benzene rings is 2. The molecule has 0 amide bonds. The van der Waals surface area contributed by atoms with Gasteiger partial charge in [0.05, 0.1) is 14.2 Å². The highest BCUT2D eigenvalue weighted by molar-refractivity contribution is 5.89. The van der Waals surface area contributed by atoms with E-state index in [9.17, 15) is 4.79 Å². The Kier molecular flexibility index (Phi) is 4.82. The first kappa shape index (κ1) is 19.2. The quantitative estimate of drug-likeness (QED) is 0.514. The van der Waals surface area contributed by atoms with E-state index in [2.05, 4.69) is 46.9 Å². The molecule has 4 saturated carbocycles.